The third kappa shape index (κ3) is 2.67. The van der Waals surface area contributed by atoms with Crippen molar-refractivity contribution in [2.75, 3.05) is 0 Å². The van der Waals surface area contributed by atoms with Crippen LogP contribution in [0.25, 0.3) is 0 Å². The molecule has 0 aliphatic carbocycles. The maximum atomic E-state index is 6.09. The molecule has 0 spiro atoms. The molecule has 4 heteroatoms. The summed E-state index contributed by atoms with van der Waals surface area (Å²) in [5.74, 6) is 1.03. The summed E-state index contributed by atoms with van der Waals surface area (Å²) in [5.41, 5.74) is 7.31. The molecule has 0 bridgehead atoms. The molecule has 2 N–H and O–H groups in total. The number of nitrogens with two attached hydrogens (primary N) is 1. The van der Waals surface area contributed by atoms with E-state index in [-0.39, 0.29) is 6.04 Å². The van der Waals surface area contributed by atoms with Gasteiger partial charge in [0.2, 0.25) is 0 Å². The van der Waals surface area contributed by atoms with Crippen molar-refractivity contribution in [3.63, 3.8) is 0 Å². The van der Waals surface area contributed by atoms with Crippen LogP contribution < -0.4 is 5.73 Å². The topological polar surface area (TPSA) is 56.7 Å². The minimum absolute atomic E-state index is 0.100. The van der Waals surface area contributed by atoms with Gasteiger partial charge in [0.25, 0.3) is 0 Å². The van der Waals surface area contributed by atoms with Gasteiger partial charge in [-0.15, -0.1) is 0 Å². The van der Waals surface area contributed by atoms with E-state index < -0.39 is 0 Å². The fourth-order valence-electron chi connectivity index (χ4n) is 1.72. The van der Waals surface area contributed by atoms with Gasteiger partial charge in [-0.1, -0.05) is 0 Å². The molecule has 2 aromatic rings. The average Bonchev–Trinajstić information content (AvgIpc) is 2.66. The number of rotatable bonds is 4. The largest absolute Gasteiger partial charge is 0.338 e. The van der Waals surface area contributed by atoms with E-state index >= 15 is 0 Å². The van der Waals surface area contributed by atoms with E-state index in [0.29, 0.717) is 0 Å². The Morgan fingerprint density at radius 3 is 2.62 bits per heavy atom. The van der Waals surface area contributed by atoms with Crippen molar-refractivity contribution in [1.82, 2.24) is 14.5 Å². The first-order chi connectivity index (χ1) is 7.75. The molecule has 0 aliphatic heterocycles. The molecule has 2 rings (SSSR count). The molecule has 0 aliphatic rings. The van der Waals surface area contributed by atoms with Gasteiger partial charge in [0, 0.05) is 44.3 Å². The van der Waals surface area contributed by atoms with Crippen LogP contribution in [0.1, 0.15) is 11.4 Å². The van der Waals surface area contributed by atoms with E-state index in [1.165, 1.54) is 5.56 Å². The number of aromatic nitrogens is 3. The maximum Gasteiger partial charge on any atom is 0.109 e. The van der Waals surface area contributed by atoms with Gasteiger partial charge in [-0.25, -0.2) is 4.98 Å². The molecule has 2 aromatic heterocycles. The molecule has 16 heavy (non-hydrogen) atoms. The Bertz CT molecular complexity index is 435. The van der Waals surface area contributed by atoms with Gasteiger partial charge in [0.15, 0.2) is 0 Å². The SMILES string of the molecule is Cn1ccnc1CC(N)Cc1ccncc1. The summed E-state index contributed by atoms with van der Waals surface area (Å²) in [6.07, 6.45) is 8.98. The number of hydrogen-bond donors (Lipinski definition) is 1. The summed E-state index contributed by atoms with van der Waals surface area (Å²) in [6.45, 7) is 0. The molecule has 1 unspecified atom stereocenters. The zero-order valence-electron chi connectivity index (χ0n) is 9.37. The molecule has 0 saturated carbocycles. The van der Waals surface area contributed by atoms with Crippen molar-refractivity contribution in [1.29, 1.82) is 0 Å². The Balaban J connectivity index is 1.95. The zero-order chi connectivity index (χ0) is 11.4. The number of pyridine rings is 1. The Morgan fingerprint density at radius 1 is 1.25 bits per heavy atom. The smallest absolute Gasteiger partial charge is 0.109 e. The van der Waals surface area contributed by atoms with Gasteiger partial charge >= 0.3 is 0 Å². The quantitative estimate of drug-likeness (QED) is 0.827. The lowest BCUT2D eigenvalue weighted by Crippen LogP contribution is -2.26. The number of aryl methyl sites for hydroxylation is 1. The lowest BCUT2D eigenvalue weighted by atomic mass is 10.1. The van der Waals surface area contributed by atoms with Crippen LogP contribution in [-0.2, 0) is 19.9 Å². The molecule has 0 radical (unpaired) electrons. The van der Waals surface area contributed by atoms with Crippen LogP contribution in [0.5, 0.6) is 0 Å². The van der Waals surface area contributed by atoms with Crippen LogP contribution in [0.3, 0.4) is 0 Å². The molecular weight excluding hydrogens is 200 g/mol. The molecule has 1 atom stereocenters. The van der Waals surface area contributed by atoms with Gasteiger partial charge in [-0.2, -0.15) is 0 Å². The van der Waals surface area contributed by atoms with Crippen molar-refractivity contribution < 1.29 is 0 Å². The first-order valence-electron chi connectivity index (χ1n) is 5.36. The zero-order valence-corrected chi connectivity index (χ0v) is 9.37. The van der Waals surface area contributed by atoms with Gasteiger partial charge in [0.05, 0.1) is 0 Å². The lowest BCUT2D eigenvalue weighted by molar-refractivity contribution is 0.622. The van der Waals surface area contributed by atoms with Gasteiger partial charge in [-0.05, 0) is 24.1 Å². The summed E-state index contributed by atoms with van der Waals surface area (Å²) >= 11 is 0. The summed E-state index contributed by atoms with van der Waals surface area (Å²) < 4.78 is 2.01. The first-order valence-corrected chi connectivity index (χ1v) is 5.36. The van der Waals surface area contributed by atoms with Crippen molar-refractivity contribution in [2.24, 2.45) is 12.8 Å². The predicted molar refractivity (Wildman–Crippen MR) is 62.8 cm³/mol. The number of imidazole rings is 1. The predicted octanol–water partition coefficient (Wildman–Crippen LogP) is 0.928. The molecule has 4 nitrogen and oxygen atoms in total. The maximum absolute atomic E-state index is 6.09. The van der Waals surface area contributed by atoms with E-state index in [0.717, 1.165) is 18.7 Å². The fourth-order valence-corrected chi connectivity index (χ4v) is 1.72. The Hall–Kier alpha value is -1.68. The highest BCUT2D eigenvalue weighted by molar-refractivity contribution is 5.12. The second kappa shape index (κ2) is 4.90. The van der Waals surface area contributed by atoms with E-state index in [9.17, 15) is 0 Å². The highest BCUT2D eigenvalue weighted by Gasteiger charge is 2.08. The van der Waals surface area contributed by atoms with Crippen LogP contribution in [0.4, 0.5) is 0 Å². The third-order valence-corrected chi connectivity index (χ3v) is 2.61. The summed E-state index contributed by atoms with van der Waals surface area (Å²) in [6, 6.07) is 4.10. The van der Waals surface area contributed by atoms with Crippen molar-refractivity contribution in [3.8, 4) is 0 Å². The van der Waals surface area contributed by atoms with E-state index in [4.69, 9.17) is 5.73 Å². The fraction of sp³-hybridized carbons (Fsp3) is 0.333. The summed E-state index contributed by atoms with van der Waals surface area (Å²) in [4.78, 5) is 8.25. The summed E-state index contributed by atoms with van der Waals surface area (Å²) in [7, 11) is 1.99. The second-order valence-electron chi connectivity index (χ2n) is 3.98. The highest BCUT2D eigenvalue weighted by atomic mass is 15.0. The Labute approximate surface area is 95.1 Å². The average molecular weight is 216 g/mol. The van der Waals surface area contributed by atoms with Crippen molar-refractivity contribution in [2.45, 2.75) is 18.9 Å². The van der Waals surface area contributed by atoms with E-state index in [1.54, 1.807) is 18.6 Å². The standard InChI is InChI=1S/C12H16N4/c1-16-7-6-15-12(16)9-11(13)8-10-2-4-14-5-3-10/h2-7,11H,8-9,13H2,1H3. The van der Waals surface area contributed by atoms with Crippen molar-refractivity contribution in [3.05, 3.63) is 48.3 Å². The summed E-state index contributed by atoms with van der Waals surface area (Å²) in [5, 5.41) is 0. The number of nitrogens with zero attached hydrogens (tertiary/aromatic N) is 3. The van der Waals surface area contributed by atoms with Gasteiger partial charge < -0.3 is 10.3 Å². The van der Waals surface area contributed by atoms with E-state index in [2.05, 4.69) is 9.97 Å². The minimum Gasteiger partial charge on any atom is -0.338 e. The molecule has 0 fully saturated rings. The molecule has 0 aromatic carbocycles. The first kappa shape index (κ1) is 10.8. The Morgan fingerprint density at radius 2 is 2.00 bits per heavy atom. The highest BCUT2D eigenvalue weighted by Crippen LogP contribution is 2.05. The molecular formula is C12H16N4. The third-order valence-electron chi connectivity index (χ3n) is 2.61. The van der Waals surface area contributed by atoms with Crippen molar-refractivity contribution >= 4 is 0 Å². The normalized spacial score (nSPS) is 12.6. The van der Waals surface area contributed by atoms with Crippen LogP contribution in [0.15, 0.2) is 36.9 Å². The second-order valence-corrected chi connectivity index (χ2v) is 3.98. The minimum atomic E-state index is 0.100. The molecule has 0 saturated heterocycles. The molecule has 0 amide bonds. The van der Waals surface area contributed by atoms with Crippen LogP contribution >= 0.6 is 0 Å². The Kier molecular flexibility index (Phi) is 3.31. The molecule has 2 heterocycles. The lowest BCUT2D eigenvalue weighted by Gasteiger charge is -2.11. The van der Waals surface area contributed by atoms with Crippen LogP contribution in [0, 0.1) is 0 Å². The number of hydrogen-bond acceptors (Lipinski definition) is 3. The van der Waals surface area contributed by atoms with E-state index in [1.807, 2.05) is 29.9 Å². The van der Waals surface area contributed by atoms with Crippen LogP contribution in [0.2, 0.25) is 0 Å². The van der Waals surface area contributed by atoms with Gasteiger partial charge in [0.1, 0.15) is 5.82 Å². The van der Waals surface area contributed by atoms with Crippen LogP contribution in [-0.4, -0.2) is 20.6 Å². The molecule has 84 valence electrons. The van der Waals surface area contributed by atoms with Gasteiger partial charge in [-0.3, -0.25) is 4.98 Å². The monoisotopic (exact) mass is 216 g/mol.